The van der Waals surface area contributed by atoms with Gasteiger partial charge in [-0.25, -0.2) is 0 Å². The van der Waals surface area contributed by atoms with Crippen molar-refractivity contribution in [3.63, 3.8) is 0 Å². The van der Waals surface area contributed by atoms with E-state index in [2.05, 4.69) is 6.58 Å². The van der Waals surface area contributed by atoms with Gasteiger partial charge < -0.3 is 14.8 Å². The van der Waals surface area contributed by atoms with Crippen molar-refractivity contribution in [2.24, 2.45) is 5.92 Å². The van der Waals surface area contributed by atoms with Gasteiger partial charge in [-0.3, -0.25) is 4.79 Å². The quantitative estimate of drug-likeness (QED) is 0.369. The number of amides is 1. The molecule has 1 aliphatic rings. The average molecular weight is 235 g/mol. The normalized spacial score (nSPS) is 16.7. The second-order valence-corrected chi connectivity index (χ2v) is 3.67. The number of carbonyl (C=O) groups is 2. The standard InChI is InChI=1S/C10H15NO3.K/c1-7(2)9(12)11-5-3-8(4-6-11)10(13)14;/h8H,1,3-6H2,2H3,(H,13,14);/q;+1/p-1. The summed E-state index contributed by atoms with van der Waals surface area (Å²) in [5, 5.41) is 10.5. The van der Waals surface area contributed by atoms with E-state index in [1.54, 1.807) is 11.8 Å². The molecule has 1 amide bonds. The van der Waals surface area contributed by atoms with Crippen LogP contribution >= 0.6 is 0 Å². The third kappa shape index (κ3) is 4.36. The summed E-state index contributed by atoms with van der Waals surface area (Å²) < 4.78 is 0. The molecule has 0 aromatic carbocycles. The average Bonchev–Trinajstić information content (AvgIpc) is 2.16. The van der Waals surface area contributed by atoms with Crippen LogP contribution < -0.4 is 56.5 Å². The number of aliphatic carboxylic acids is 1. The van der Waals surface area contributed by atoms with E-state index >= 15 is 0 Å². The van der Waals surface area contributed by atoms with Gasteiger partial charge in [0.1, 0.15) is 0 Å². The fraction of sp³-hybridized carbons (Fsp3) is 0.600. The molecule has 0 N–H and O–H groups in total. The van der Waals surface area contributed by atoms with Crippen molar-refractivity contribution in [3.8, 4) is 0 Å². The molecular weight excluding hydrogens is 221 g/mol. The summed E-state index contributed by atoms with van der Waals surface area (Å²) in [6.45, 7) is 6.21. The Morgan fingerprint density at radius 2 is 1.80 bits per heavy atom. The number of carbonyl (C=O) groups excluding carboxylic acids is 2. The van der Waals surface area contributed by atoms with E-state index in [0.717, 1.165) is 0 Å². The van der Waals surface area contributed by atoms with Crippen molar-refractivity contribution >= 4 is 11.9 Å². The molecule has 0 atom stereocenters. The van der Waals surface area contributed by atoms with Gasteiger partial charge in [0, 0.05) is 30.5 Å². The van der Waals surface area contributed by atoms with Gasteiger partial charge in [0.25, 0.3) is 0 Å². The minimum absolute atomic E-state index is 0. The Hall–Kier alpha value is 0.316. The van der Waals surface area contributed by atoms with Crippen molar-refractivity contribution in [3.05, 3.63) is 12.2 Å². The summed E-state index contributed by atoms with van der Waals surface area (Å²) in [4.78, 5) is 23.6. The summed E-state index contributed by atoms with van der Waals surface area (Å²) in [6, 6.07) is 0. The number of piperidine rings is 1. The van der Waals surface area contributed by atoms with Crippen molar-refractivity contribution in [1.82, 2.24) is 4.90 Å². The van der Waals surface area contributed by atoms with Crippen molar-refractivity contribution in [1.29, 1.82) is 0 Å². The van der Waals surface area contributed by atoms with Crippen LogP contribution in [0.5, 0.6) is 0 Å². The van der Waals surface area contributed by atoms with Gasteiger partial charge in [-0.2, -0.15) is 0 Å². The van der Waals surface area contributed by atoms with E-state index < -0.39 is 11.9 Å². The molecule has 0 aromatic rings. The molecule has 15 heavy (non-hydrogen) atoms. The van der Waals surface area contributed by atoms with E-state index in [-0.39, 0.29) is 57.3 Å². The van der Waals surface area contributed by atoms with E-state index in [9.17, 15) is 14.7 Å². The van der Waals surface area contributed by atoms with Crippen LogP contribution in [0.4, 0.5) is 0 Å². The Morgan fingerprint density at radius 1 is 1.33 bits per heavy atom. The predicted octanol–water partition coefficient (Wildman–Crippen LogP) is -3.44. The Kier molecular flexibility index (Phi) is 6.95. The molecule has 0 saturated carbocycles. The van der Waals surface area contributed by atoms with Crippen LogP contribution in [0.3, 0.4) is 0 Å². The van der Waals surface area contributed by atoms with Gasteiger partial charge in [0.05, 0.1) is 0 Å². The number of hydrogen-bond donors (Lipinski definition) is 0. The number of hydrogen-bond acceptors (Lipinski definition) is 3. The molecule has 0 radical (unpaired) electrons. The second kappa shape index (κ2) is 6.80. The number of carboxylic acid groups (broad SMARTS) is 1. The van der Waals surface area contributed by atoms with Gasteiger partial charge in [-0.15, -0.1) is 0 Å². The summed E-state index contributed by atoms with van der Waals surface area (Å²) in [6.07, 6.45) is 0.975. The third-order valence-corrected chi connectivity index (χ3v) is 2.48. The van der Waals surface area contributed by atoms with Crippen LogP contribution in [0.15, 0.2) is 12.2 Å². The second-order valence-electron chi connectivity index (χ2n) is 3.67. The number of rotatable bonds is 2. The SMILES string of the molecule is C=C(C)C(=O)N1CCC(C(=O)[O-])CC1.[K+]. The molecule has 1 heterocycles. The molecule has 0 aliphatic carbocycles. The molecular formula is C10H14KNO3. The van der Waals surface area contributed by atoms with E-state index in [1.807, 2.05) is 0 Å². The van der Waals surface area contributed by atoms with Crippen LogP contribution in [-0.2, 0) is 9.59 Å². The summed E-state index contributed by atoms with van der Waals surface area (Å²) >= 11 is 0. The van der Waals surface area contributed by atoms with Gasteiger partial charge >= 0.3 is 51.4 Å². The summed E-state index contributed by atoms with van der Waals surface area (Å²) in [5.41, 5.74) is 0.497. The molecule has 1 fully saturated rings. The molecule has 1 aliphatic heterocycles. The molecule has 78 valence electrons. The third-order valence-electron chi connectivity index (χ3n) is 2.48. The minimum atomic E-state index is -1.01. The Morgan fingerprint density at radius 3 is 2.13 bits per heavy atom. The molecule has 0 unspecified atom stereocenters. The van der Waals surface area contributed by atoms with Crippen molar-refractivity contribution in [2.45, 2.75) is 19.8 Å². The summed E-state index contributed by atoms with van der Waals surface area (Å²) in [5.74, 6) is -1.49. The molecule has 0 spiro atoms. The topological polar surface area (TPSA) is 60.4 Å². The van der Waals surface area contributed by atoms with E-state index in [1.165, 1.54) is 0 Å². The molecule has 1 saturated heterocycles. The zero-order chi connectivity index (χ0) is 10.7. The van der Waals surface area contributed by atoms with E-state index in [0.29, 0.717) is 31.5 Å². The maximum Gasteiger partial charge on any atom is 1.00 e. The van der Waals surface area contributed by atoms with E-state index in [4.69, 9.17) is 0 Å². The number of likely N-dealkylation sites (tertiary alicyclic amines) is 1. The Bertz CT molecular complexity index is 270. The first-order valence-electron chi connectivity index (χ1n) is 4.68. The van der Waals surface area contributed by atoms with Crippen molar-refractivity contribution < 1.29 is 66.1 Å². The zero-order valence-electron chi connectivity index (χ0n) is 9.28. The maximum atomic E-state index is 11.4. The van der Waals surface area contributed by atoms with Gasteiger partial charge in [-0.05, 0) is 19.8 Å². The Labute approximate surface area is 132 Å². The monoisotopic (exact) mass is 235 g/mol. The number of nitrogens with zero attached hydrogens (tertiary/aromatic N) is 1. The van der Waals surface area contributed by atoms with Crippen LogP contribution in [0, 0.1) is 5.92 Å². The molecule has 4 nitrogen and oxygen atoms in total. The first-order chi connectivity index (χ1) is 6.52. The largest absolute Gasteiger partial charge is 1.00 e. The number of carboxylic acids is 1. The van der Waals surface area contributed by atoms with Crippen LogP contribution in [-0.4, -0.2) is 29.9 Å². The van der Waals surface area contributed by atoms with Crippen LogP contribution in [0.1, 0.15) is 19.8 Å². The van der Waals surface area contributed by atoms with Crippen molar-refractivity contribution in [2.75, 3.05) is 13.1 Å². The first kappa shape index (κ1) is 15.3. The van der Waals surface area contributed by atoms with Crippen LogP contribution in [0.25, 0.3) is 0 Å². The molecule has 0 bridgehead atoms. The van der Waals surface area contributed by atoms with Gasteiger partial charge in [-0.1, -0.05) is 6.58 Å². The minimum Gasteiger partial charge on any atom is -0.550 e. The first-order valence-corrected chi connectivity index (χ1v) is 4.68. The summed E-state index contributed by atoms with van der Waals surface area (Å²) in [7, 11) is 0. The van der Waals surface area contributed by atoms with Crippen LogP contribution in [0.2, 0.25) is 0 Å². The molecule has 1 rings (SSSR count). The van der Waals surface area contributed by atoms with Gasteiger partial charge in [0.2, 0.25) is 5.91 Å². The fourth-order valence-corrected chi connectivity index (χ4v) is 1.59. The smallest absolute Gasteiger partial charge is 0.550 e. The zero-order valence-corrected chi connectivity index (χ0v) is 12.4. The Balaban J connectivity index is 0.00000196. The fourth-order valence-electron chi connectivity index (χ4n) is 1.59. The molecule has 5 heteroatoms. The maximum absolute atomic E-state index is 11.4. The predicted molar refractivity (Wildman–Crippen MR) is 49.1 cm³/mol. The van der Waals surface area contributed by atoms with Gasteiger partial charge in [0.15, 0.2) is 0 Å². The molecule has 0 aromatic heterocycles.